The summed E-state index contributed by atoms with van der Waals surface area (Å²) in [5.41, 5.74) is 1.15. The summed E-state index contributed by atoms with van der Waals surface area (Å²) in [5, 5.41) is 7.28. The van der Waals surface area contributed by atoms with Gasteiger partial charge in [0.05, 0.1) is 12.4 Å². The molecule has 5 heteroatoms. The number of nitrogens with zero attached hydrogens (tertiary/aromatic N) is 2. The first-order valence-electron chi connectivity index (χ1n) is 6.84. The average Bonchev–Trinajstić information content (AvgIpc) is 2.93. The number of para-hydroxylation sites is 1. The van der Waals surface area contributed by atoms with Gasteiger partial charge < -0.3 is 14.8 Å². The van der Waals surface area contributed by atoms with Gasteiger partial charge >= 0.3 is 0 Å². The van der Waals surface area contributed by atoms with Gasteiger partial charge in [-0.05, 0) is 20.0 Å². The SMILES string of the molecule is CCn1cc(OCCOc2ccccc2CNC)cn1. The van der Waals surface area contributed by atoms with Crippen molar-refractivity contribution in [1.82, 2.24) is 15.1 Å². The van der Waals surface area contributed by atoms with Crippen LogP contribution < -0.4 is 14.8 Å². The first-order valence-corrected chi connectivity index (χ1v) is 6.84. The lowest BCUT2D eigenvalue weighted by Crippen LogP contribution is -2.12. The molecule has 20 heavy (non-hydrogen) atoms. The minimum absolute atomic E-state index is 0.503. The predicted molar refractivity (Wildman–Crippen MR) is 78.1 cm³/mol. The van der Waals surface area contributed by atoms with E-state index in [2.05, 4.69) is 16.5 Å². The molecule has 0 spiro atoms. The van der Waals surface area contributed by atoms with Gasteiger partial charge in [-0.15, -0.1) is 0 Å². The van der Waals surface area contributed by atoms with Crippen LogP contribution in [0.3, 0.4) is 0 Å². The van der Waals surface area contributed by atoms with Gasteiger partial charge in [-0.1, -0.05) is 18.2 Å². The second-order valence-electron chi connectivity index (χ2n) is 4.37. The first kappa shape index (κ1) is 14.4. The van der Waals surface area contributed by atoms with Crippen LogP contribution in [0.4, 0.5) is 0 Å². The van der Waals surface area contributed by atoms with Crippen LogP contribution in [0.5, 0.6) is 11.5 Å². The highest BCUT2D eigenvalue weighted by Crippen LogP contribution is 2.17. The van der Waals surface area contributed by atoms with Crippen molar-refractivity contribution in [1.29, 1.82) is 0 Å². The monoisotopic (exact) mass is 275 g/mol. The third kappa shape index (κ3) is 3.99. The molecule has 0 aliphatic carbocycles. The highest BCUT2D eigenvalue weighted by Gasteiger charge is 2.02. The lowest BCUT2D eigenvalue weighted by atomic mass is 10.2. The Morgan fingerprint density at radius 3 is 2.75 bits per heavy atom. The molecular weight excluding hydrogens is 254 g/mol. The molecule has 0 unspecified atom stereocenters. The van der Waals surface area contributed by atoms with Gasteiger partial charge in [-0.2, -0.15) is 5.10 Å². The minimum atomic E-state index is 0.503. The number of nitrogens with one attached hydrogen (secondary N) is 1. The number of benzene rings is 1. The Morgan fingerprint density at radius 2 is 2.00 bits per heavy atom. The average molecular weight is 275 g/mol. The molecule has 0 radical (unpaired) electrons. The van der Waals surface area contributed by atoms with Gasteiger partial charge in [-0.3, -0.25) is 4.68 Å². The van der Waals surface area contributed by atoms with Crippen molar-refractivity contribution < 1.29 is 9.47 Å². The maximum Gasteiger partial charge on any atom is 0.157 e. The van der Waals surface area contributed by atoms with Gasteiger partial charge in [-0.25, -0.2) is 0 Å². The van der Waals surface area contributed by atoms with Gasteiger partial charge in [0.15, 0.2) is 5.75 Å². The second kappa shape index (κ2) is 7.55. The van der Waals surface area contributed by atoms with Crippen LogP contribution >= 0.6 is 0 Å². The smallest absolute Gasteiger partial charge is 0.157 e. The van der Waals surface area contributed by atoms with Crippen molar-refractivity contribution >= 4 is 0 Å². The lowest BCUT2D eigenvalue weighted by Gasteiger charge is -2.11. The minimum Gasteiger partial charge on any atom is -0.490 e. The molecule has 1 heterocycles. The number of ether oxygens (including phenoxy) is 2. The fourth-order valence-electron chi connectivity index (χ4n) is 1.88. The summed E-state index contributed by atoms with van der Waals surface area (Å²) >= 11 is 0. The van der Waals surface area contributed by atoms with E-state index in [1.807, 2.05) is 43.0 Å². The number of aromatic nitrogens is 2. The van der Waals surface area contributed by atoms with Crippen molar-refractivity contribution in [3.63, 3.8) is 0 Å². The summed E-state index contributed by atoms with van der Waals surface area (Å²) in [7, 11) is 1.92. The first-order chi connectivity index (χ1) is 9.83. The van der Waals surface area contributed by atoms with Crippen molar-refractivity contribution in [2.45, 2.75) is 20.0 Å². The van der Waals surface area contributed by atoms with E-state index in [9.17, 15) is 0 Å². The van der Waals surface area contributed by atoms with Crippen molar-refractivity contribution in [3.05, 3.63) is 42.2 Å². The highest BCUT2D eigenvalue weighted by atomic mass is 16.5. The van der Waals surface area contributed by atoms with E-state index >= 15 is 0 Å². The van der Waals surface area contributed by atoms with Crippen molar-refractivity contribution in [2.24, 2.45) is 0 Å². The normalized spacial score (nSPS) is 10.5. The van der Waals surface area contributed by atoms with Crippen molar-refractivity contribution in [3.8, 4) is 11.5 Å². The maximum atomic E-state index is 5.75. The Kier molecular flexibility index (Phi) is 5.43. The van der Waals surface area contributed by atoms with Gasteiger partial charge in [0.25, 0.3) is 0 Å². The van der Waals surface area contributed by atoms with E-state index in [1.165, 1.54) is 0 Å². The van der Waals surface area contributed by atoms with Crippen LogP contribution in [0.1, 0.15) is 12.5 Å². The molecule has 0 fully saturated rings. The van der Waals surface area contributed by atoms with Crippen LogP contribution in [0.15, 0.2) is 36.7 Å². The Morgan fingerprint density at radius 1 is 1.20 bits per heavy atom. The molecular formula is C15H21N3O2. The number of rotatable bonds is 8. The molecule has 0 saturated heterocycles. The third-order valence-electron chi connectivity index (χ3n) is 2.88. The van der Waals surface area contributed by atoms with Crippen LogP contribution in [-0.2, 0) is 13.1 Å². The fraction of sp³-hybridized carbons (Fsp3) is 0.400. The summed E-state index contributed by atoms with van der Waals surface area (Å²) in [6.07, 6.45) is 3.60. The molecule has 0 bridgehead atoms. The van der Waals surface area contributed by atoms with Crippen molar-refractivity contribution in [2.75, 3.05) is 20.3 Å². The molecule has 0 saturated carbocycles. The predicted octanol–water partition coefficient (Wildman–Crippen LogP) is 2.08. The molecule has 1 aromatic carbocycles. The number of aryl methyl sites for hydroxylation is 1. The molecule has 1 N–H and O–H groups in total. The molecule has 108 valence electrons. The summed E-state index contributed by atoms with van der Waals surface area (Å²) in [6.45, 7) is 4.69. The molecule has 2 aromatic rings. The van der Waals surface area contributed by atoms with Gasteiger partial charge in [0.2, 0.25) is 0 Å². The topological polar surface area (TPSA) is 48.3 Å². The summed E-state index contributed by atoms with van der Waals surface area (Å²) in [5.74, 6) is 1.67. The molecule has 0 aliphatic rings. The number of hydrogen-bond acceptors (Lipinski definition) is 4. The van der Waals surface area contributed by atoms with E-state index in [-0.39, 0.29) is 0 Å². The Labute approximate surface area is 119 Å². The molecule has 2 rings (SSSR count). The zero-order chi connectivity index (χ0) is 14.2. The van der Waals surface area contributed by atoms with Crippen LogP contribution in [-0.4, -0.2) is 30.0 Å². The molecule has 0 amide bonds. The quantitative estimate of drug-likeness (QED) is 0.749. The van der Waals surface area contributed by atoms with Gasteiger partial charge in [0, 0.05) is 18.7 Å². The fourth-order valence-corrected chi connectivity index (χ4v) is 1.88. The summed E-state index contributed by atoms with van der Waals surface area (Å²) in [4.78, 5) is 0. The zero-order valence-corrected chi connectivity index (χ0v) is 12.0. The van der Waals surface area contributed by atoms with Gasteiger partial charge in [0.1, 0.15) is 19.0 Å². The second-order valence-corrected chi connectivity index (χ2v) is 4.37. The zero-order valence-electron chi connectivity index (χ0n) is 12.0. The largest absolute Gasteiger partial charge is 0.490 e. The Hall–Kier alpha value is -2.01. The van der Waals surface area contributed by atoms with E-state index in [0.29, 0.717) is 13.2 Å². The molecule has 1 aromatic heterocycles. The van der Waals surface area contributed by atoms with E-state index in [1.54, 1.807) is 6.20 Å². The highest BCUT2D eigenvalue weighted by molar-refractivity contribution is 5.33. The summed E-state index contributed by atoms with van der Waals surface area (Å²) in [6, 6.07) is 8.01. The van der Waals surface area contributed by atoms with E-state index in [4.69, 9.17) is 9.47 Å². The standard InChI is InChI=1S/C15H21N3O2/c1-3-18-12-14(11-17-18)19-8-9-20-15-7-5-4-6-13(15)10-16-2/h4-7,11-12,16H,3,8-10H2,1-2H3. The summed E-state index contributed by atoms with van der Waals surface area (Å²) < 4.78 is 13.2. The third-order valence-corrected chi connectivity index (χ3v) is 2.88. The number of hydrogen-bond donors (Lipinski definition) is 1. The van der Waals surface area contributed by atoms with E-state index in [0.717, 1.165) is 30.2 Å². The van der Waals surface area contributed by atoms with Crippen LogP contribution in [0.25, 0.3) is 0 Å². The molecule has 5 nitrogen and oxygen atoms in total. The maximum absolute atomic E-state index is 5.75. The Balaban J connectivity index is 1.78. The lowest BCUT2D eigenvalue weighted by molar-refractivity contribution is 0.215. The van der Waals surface area contributed by atoms with E-state index < -0.39 is 0 Å². The Bertz CT molecular complexity index is 525. The van der Waals surface area contributed by atoms with Crippen LogP contribution in [0.2, 0.25) is 0 Å². The molecule has 0 atom stereocenters. The molecule has 0 aliphatic heterocycles. The van der Waals surface area contributed by atoms with Crippen LogP contribution in [0, 0.1) is 0 Å².